The fourth-order valence-electron chi connectivity index (χ4n) is 5.49. The summed E-state index contributed by atoms with van der Waals surface area (Å²) in [6, 6.07) is 4.93. The molecule has 2 N–H and O–H groups in total. The maximum atomic E-state index is 13.1. The van der Waals surface area contributed by atoms with Gasteiger partial charge in [0.05, 0.1) is 29.4 Å². The number of benzene rings is 1. The molecule has 0 radical (unpaired) electrons. The van der Waals surface area contributed by atoms with Crippen molar-refractivity contribution in [2.24, 2.45) is 5.92 Å². The maximum absolute atomic E-state index is 13.1. The van der Waals surface area contributed by atoms with Gasteiger partial charge in [-0.05, 0) is 55.3 Å². The minimum absolute atomic E-state index is 0.177. The zero-order chi connectivity index (χ0) is 25.4. The van der Waals surface area contributed by atoms with Crippen LogP contribution >= 0.6 is 0 Å². The number of hydrogen-bond donors (Lipinski definition) is 2. The predicted octanol–water partition coefficient (Wildman–Crippen LogP) is 3.47. The standard InChI is InChI=1S/C26H32F3N5O2/c1-16-12-21(36)23-22(16)25(32-15-31-23)34-10-8-33(9-11-34)24(30-13-17-2-3-17)20(14-35)18-4-6-19(7-5-18)26(27,28)29/h4-7,14-17,20-21,24,30,36H,2-3,8-13H2,1H3/t16-,20?,21-,24?/m1/s1. The van der Waals surface area contributed by atoms with E-state index in [4.69, 9.17) is 0 Å². The van der Waals surface area contributed by atoms with Crippen LogP contribution in [0, 0.1) is 5.92 Å². The minimum Gasteiger partial charge on any atom is -0.387 e. The van der Waals surface area contributed by atoms with Crippen LogP contribution in [0.5, 0.6) is 0 Å². The van der Waals surface area contributed by atoms with Crippen molar-refractivity contribution >= 4 is 12.1 Å². The molecule has 2 unspecified atom stereocenters. The van der Waals surface area contributed by atoms with Gasteiger partial charge < -0.3 is 20.1 Å². The lowest BCUT2D eigenvalue weighted by atomic mass is 9.94. The molecule has 1 saturated heterocycles. The van der Waals surface area contributed by atoms with Crippen molar-refractivity contribution in [1.82, 2.24) is 20.2 Å². The van der Waals surface area contributed by atoms with Crippen LogP contribution in [0.4, 0.5) is 19.0 Å². The van der Waals surface area contributed by atoms with E-state index >= 15 is 0 Å². The highest BCUT2D eigenvalue weighted by molar-refractivity contribution is 5.63. The topological polar surface area (TPSA) is 81.6 Å². The number of piperazine rings is 1. The van der Waals surface area contributed by atoms with Crippen molar-refractivity contribution < 1.29 is 23.1 Å². The summed E-state index contributed by atoms with van der Waals surface area (Å²) in [6.45, 7) is 5.57. The lowest BCUT2D eigenvalue weighted by Gasteiger charge is -2.42. The Morgan fingerprint density at radius 3 is 2.44 bits per heavy atom. The van der Waals surface area contributed by atoms with Gasteiger partial charge >= 0.3 is 6.18 Å². The van der Waals surface area contributed by atoms with E-state index in [2.05, 4.69) is 32.0 Å². The quantitative estimate of drug-likeness (QED) is 0.534. The number of carbonyl (C=O) groups excluding carboxylic acids is 1. The van der Waals surface area contributed by atoms with Crippen molar-refractivity contribution in [3.8, 4) is 0 Å². The number of nitrogens with one attached hydrogen (secondary N) is 1. The van der Waals surface area contributed by atoms with Crippen molar-refractivity contribution in [2.75, 3.05) is 37.6 Å². The number of aliphatic hydroxyl groups excluding tert-OH is 1. The number of hydrogen-bond acceptors (Lipinski definition) is 7. The molecular formula is C26H32F3N5O2. The van der Waals surface area contributed by atoms with E-state index in [-0.39, 0.29) is 12.1 Å². The van der Waals surface area contributed by atoms with Crippen molar-refractivity contribution in [3.05, 3.63) is 53.0 Å². The third kappa shape index (κ3) is 5.12. The first-order valence-electron chi connectivity index (χ1n) is 12.6. The highest BCUT2D eigenvalue weighted by Crippen LogP contribution is 2.43. The van der Waals surface area contributed by atoms with E-state index in [1.807, 2.05) is 0 Å². The number of halogens is 3. The second kappa shape index (κ2) is 10.1. The molecular weight excluding hydrogens is 471 g/mol. The van der Waals surface area contributed by atoms with E-state index in [0.717, 1.165) is 49.2 Å². The molecule has 2 aromatic rings. The average molecular weight is 504 g/mol. The van der Waals surface area contributed by atoms with Gasteiger partial charge in [0.2, 0.25) is 0 Å². The molecule has 1 aromatic heterocycles. The summed E-state index contributed by atoms with van der Waals surface area (Å²) in [6.07, 6.45) is 0.0241. The molecule has 2 aliphatic carbocycles. The SMILES string of the molecule is C[C@@H]1C[C@@H](O)c2ncnc(N3CCN(C(NCC4CC4)C(C=O)c4ccc(C(F)(F)F)cc4)CC3)c21. The van der Waals surface area contributed by atoms with E-state index in [1.54, 1.807) is 0 Å². The fourth-order valence-corrected chi connectivity index (χ4v) is 5.49. The van der Waals surface area contributed by atoms with Gasteiger partial charge in [-0.15, -0.1) is 0 Å². The first kappa shape index (κ1) is 25.1. The molecule has 0 bridgehead atoms. The molecule has 1 aliphatic heterocycles. The molecule has 194 valence electrons. The lowest BCUT2D eigenvalue weighted by molar-refractivity contribution is -0.137. The minimum atomic E-state index is -4.41. The van der Waals surface area contributed by atoms with Crippen LogP contribution in [-0.2, 0) is 11.0 Å². The number of aliphatic hydroxyl groups is 1. The Morgan fingerprint density at radius 1 is 1.14 bits per heavy atom. The smallest absolute Gasteiger partial charge is 0.387 e. The number of rotatable bonds is 8. The predicted molar refractivity (Wildman–Crippen MR) is 129 cm³/mol. The van der Waals surface area contributed by atoms with E-state index in [0.29, 0.717) is 49.8 Å². The Morgan fingerprint density at radius 2 is 1.83 bits per heavy atom. The Bertz CT molecular complexity index is 1070. The molecule has 0 amide bonds. The second-order valence-corrected chi connectivity index (χ2v) is 10.2. The first-order chi connectivity index (χ1) is 17.3. The zero-order valence-corrected chi connectivity index (χ0v) is 20.3. The molecule has 2 heterocycles. The van der Waals surface area contributed by atoms with Crippen LogP contribution in [0.3, 0.4) is 0 Å². The summed E-state index contributed by atoms with van der Waals surface area (Å²) in [5.74, 6) is 1.04. The van der Waals surface area contributed by atoms with Crippen molar-refractivity contribution in [3.63, 3.8) is 0 Å². The summed E-state index contributed by atoms with van der Waals surface area (Å²) < 4.78 is 39.2. The van der Waals surface area contributed by atoms with Gasteiger partial charge in [-0.1, -0.05) is 19.1 Å². The molecule has 4 atom stereocenters. The number of carbonyl (C=O) groups is 1. The molecule has 36 heavy (non-hydrogen) atoms. The normalized spacial score (nSPS) is 24.4. The maximum Gasteiger partial charge on any atom is 0.416 e. The van der Waals surface area contributed by atoms with Gasteiger partial charge in [-0.3, -0.25) is 4.90 Å². The molecule has 0 spiro atoms. The fraction of sp³-hybridized carbons (Fsp3) is 0.577. The Hall–Kier alpha value is -2.56. The van der Waals surface area contributed by atoms with Gasteiger partial charge in [0.1, 0.15) is 18.4 Å². The van der Waals surface area contributed by atoms with E-state index in [1.165, 1.54) is 18.5 Å². The first-order valence-corrected chi connectivity index (χ1v) is 12.6. The number of aromatic nitrogens is 2. The van der Waals surface area contributed by atoms with Gasteiger partial charge in [-0.25, -0.2) is 9.97 Å². The highest BCUT2D eigenvalue weighted by Gasteiger charge is 2.37. The van der Waals surface area contributed by atoms with Crippen molar-refractivity contribution in [2.45, 2.75) is 56.5 Å². The summed E-state index contributed by atoms with van der Waals surface area (Å²) in [5, 5.41) is 13.9. The van der Waals surface area contributed by atoms with Gasteiger partial charge in [-0.2, -0.15) is 13.2 Å². The zero-order valence-electron chi connectivity index (χ0n) is 20.3. The molecule has 10 heteroatoms. The molecule has 7 nitrogen and oxygen atoms in total. The molecule has 2 fully saturated rings. The van der Waals surface area contributed by atoms with Crippen LogP contribution in [0.2, 0.25) is 0 Å². The Kier molecular flexibility index (Phi) is 7.02. The van der Waals surface area contributed by atoms with Gasteiger partial charge in [0.25, 0.3) is 0 Å². The number of anilines is 1. The number of fused-ring (bicyclic) bond motifs is 1. The summed E-state index contributed by atoms with van der Waals surface area (Å²) in [4.78, 5) is 25.5. The highest BCUT2D eigenvalue weighted by atomic mass is 19.4. The van der Waals surface area contributed by atoms with Crippen LogP contribution in [0.1, 0.15) is 66.5 Å². The third-order valence-corrected chi connectivity index (χ3v) is 7.71. The molecule has 1 aromatic carbocycles. The molecule has 1 saturated carbocycles. The van der Waals surface area contributed by atoms with Crippen LogP contribution in [0.25, 0.3) is 0 Å². The van der Waals surface area contributed by atoms with Gasteiger partial charge in [0.15, 0.2) is 0 Å². The molecule has 5 rings (SSSR count). The summed E-state index contributed by atoms with van der Waals surface area (Å²) >= 11 is 0. The Balaban J connectivity index is 1.33. The summed E-state index contributed by atoms with van der Waals surface area (Å²) in [7, 11) is 0. The largest absolute Gasteiger partial charge is 0.416 e. The van der Waals surface area contributed by atoms with Crippen LogP contribution in [0.15, 0.2) is 30.6 Å². The number of alkyl halides is 3. The number of nitrogens with zero attached hydrogens (tertiary/aromatic N) is 4. The van der Waals surface area contributed by atoms with E-state index < -0.39 is 23.8 Å². The van der Waals surface area contributed by atoms with E-state index in [9.17, 15) is 23.1 Å². The van der Waals surface area contributed by atoms with Crippen molar-refractivity contribution in [1.29, 1.82) is 0 Å². The summed E-state index contributed by atoms with van der Waals surface area (Å²) in [5.41, 5.74) is 1.58. The molecule has 3 aliphatic rings. The Labute approximate surface area is 208 Å². The van der Waals surface area contributed by atoms with Gasteiger partial charge in [0, 0.05) is 31.7 Å². The average Bonchev–Trinajstić information content (AvgIpc) is 3.65. The van der Waals surface area contributed by atoms with Crippen LogP contribution < -0.4 is 10.2 Å². The second-order valence-electron chi connectivity index (χ2n) is 10.2. The number of aldehydes is 1. The third-order valence-electron chi connectivity index (χ3n) is 7.71. The van der Waals surface area contributed by atoms with Crippen LogP contribution in [-0.4, -0.2) is 65.2 Å². The lowest BCUT2D eigenvalue weighted by Crippen LogP contribution is -2.57. The monoisotopic (exact) mass is 503 g/mol.